The van der Waals surface area contributed by atoms with E-state index >= 15 is 0 Å². The van der Waals surface area contributed by atoms with Gasteiger partial charge in [-0.25, -0.2) is 0 Å². The topological polar surface area (TPSA) is 58.1 Å². The first-order valence-corrected chi connectivity index (χ1v) is 10.1. The molecule has 1 fully saturated rings. The van der Waals surface area contributed by atoms with Crippen molar-refractivity contribution in [2.75, 3.05) is 39.3 Å². The summed E-state index contributed by atoms with van der Waals surface area (Å²) in [5.74, 6) is 2.26. The van der Waals surface area contributed by atoms with Crippen LogP contribution in [-0.4, -0.2) is 46.4 Å². The van der Waals surface area contributed by atoms with Crippen molar-refractivity contribution in [3.63, 3.8) is 0 Å². The quantitative estimate of drug-likeness (QED) is 0.525. The van der Waals surface area contributed by atoms with Crippen molar-refractivity contribution in [2.45, 2.75) is 19.0 Å². The van der Waals surface area contributed by atoms with Crippen LogP contribution in [0.15, 0.2) is 51.9 Å². The van der Waals surface area contributed by atoms with Crippen LogP contribution >= 0.6 is 15.9 Å². The summed E-state index contributed by atoms with van der Waals surface area (Å²) >= 11 is 3.49. The van der Waals surface area contributed by atoms with Crippen LogP contribution in [0.2, 0.25) is 0 Å². The molecule has 1 unspecified atom stereocenters. The molecule has 0 aromatic heterocycles. The van der Waals surface area contributed by atoms with Gasteiger partial charge in [0, 0.05) is 48.4 Å². The van der Waals surface area contributed by atoms with E-state index in [4.69, 9.17) is 9.47 Å². The molecule has 0 radical (unpaired) electrons. The zero-order valence-corrected chi connectivity index (χ0v) is 18.1. The standard InChI is InChI=1S/C21H27BrN4O2/c1-23-21(24-13-15-5-4-6-19(27-2)20(15)28-3)25-17-11-12-26(14-17)18-9-7-16(22)8-10-18/h4-10,17H,11-14H2,1-3H3,(H2,23,24,25). The monoisotopic (exact) mass is 446 g/mol. The maximum Gasteiger partial charge on any atom is 0.191 e. The molecule has 3 rings (SSSR count). The Morgan fingerprint density at radius 2 is 1.96 bits per heavy atom. The number of ether oxygens (including phenoxy) is 2. The lowest BCUT2D eigenvalue weighted by molar-refractivity contribution is 0.351. The molecule has 2 N–H and O–H groups in total. The van der Waals surface area contributed by atoms with Crippen LogP contribution in [0.3, 0.4) is 0 Å². The van der Waals surface area contributed by atoms with Gasteiger partial charge in [-0.2, -0.15) is 0 Å². The molecule has 2 aromatic carbocycles. The second-order valence-corrected chi connectivity index (χ2v) is 7.55. The van der Waals surface area contributed by atoms with Crippen LogP contribution in [0, 0.1) is 0 Å². The van der Waals surface area contributed by atoms with Gasteiger partial charge in [-0.05, 0) is 36.8 Å². The van der Waals surface area contributed by atoms with Crippen molar-refractivity contribution in [2.24, 2.45) is 4.99 Å². The molecule has 1 atom stereocenters. The highest BCUT2D eigenvalue weighted by Gasteiger charge is 2.23. The Hall–Kier alpha value is -2.41. The number of hydrogen-bond acceptors (Lipinski definition) is 4. The lowest BCUT2D eigenvalue weighted by Gasteiger charge is -2.21. The molecule has 1 heterocycles. The number of methoxy groups -OCH3 is 2. The van der Waals surface area contributed by atoms with E-state index in [1.54, 1.807) is 21.3 Å². The third-order valence-corrected chi connectivity index (χ3v) is 5.40. The van der Waals surface area contributed by atoms with E-state index in [1.165, 1.54) is 5.69 Å². The van der Waals surface area contributed by atoms with E-state index < -0.39 is 0 Å². The smallest absolute Gasteiger partial charge is 0.191 e. The molecule has 0 saturated carbocycles. The Morgan fingerprint density at radius 3 is 2.64 bits per heavy atom. The summed E-state index contributed by atoms with van der Waals surface area (Å²) < 4.78 is 12.0. The van der Waals surface area contributed by atoms with Crippen molar-refractivity contribution < 1.29 is 9.47 Å². The molecule has 7 heteroatoms. The molecule has 1 aliphatic rings. The van der Waals surface area contributed by atoms with Gasteiger partial charge in [-0.3, -0.25) is 4.99 Å². The van der Waals surface area contributed by atoms with Gasteiger partial charge >= 0.3 is 0 Å². The lowest BCUT2D eigenvalue weighted by atomic mass is 10.2. The predicted octanol–water partition coefficient (Wildman–Crippen LogP) is 3.41. The van der Waals surface area contributed by atoms with Crippen LogP contribution in [0.4, 0.5) is 5.69 Å². The molecule has 28 heavy (non-hydrogen) atoms. The van der Waals surface area contributed by atoms with E-state index in [0.717, 1.165) is 47.0 Å². The summed E-state index contributed by atoms with van der Waals surface area (Å²) in [5.41, 5.74) is 2.27. The van der Waals surface area contributed by atoms with E-state index in [0.29, 0.717) is 12.6 Å². The number of anilines is 1. The van der Waals surface area contributed by atoms with E-state index in [2.05, 4.69) is 60.7 Å². The number of halogens is 1. The summed E-state index contributed by atoms with van der Waals surface area (Å²) in [6, 6.07) is 14.7. The molecular weight excluding hydrogens is 420 g/mol. The fourth-order valence-corrected chi connectivity index (χ4v) is 3.69. The normalized spacial score (nSPS) is 16.8. The van der Waals surface area contributed by atoms with Crippen LogP contribution in [0.1, 0.15) is 12.0 Å². The number of hydrogen-bond donors (Lipinski definition) is 2. The minimum absolute atomic E-state index is 0.349. The van der Waals surface area contributed by atoms with Crippen LogP contribution in [0.5, 0.6) is 11.5 Å². The number of para-hydroxylation sites is 1. The third-order valence-electron chi connectivity index (χ3n) is 4.88. The molecule has 150 valence electrons. The number of nitrogens with zero attached hydrogens (tertiary/aromatic N) is 2. The summed E-state index contributed by atoms with van der Waals surface area (Å²) in [6.07, 6.45) is 1.07. The van der Waals surface area contributed by atoms with Crippen molar-refractivity contribution in [1.29, 1.82) is 0 Å². The highest BCUT2D eigenvalue weighted by molar-refractivity contribution is 9.10. The third kappa shape index (κ3) is 4.90. The Labute approximate surface area is 175 Å². The summed E-state index contributed by atoms with van der Waals surface area (Å²) in [7, 11) is 5.09. The van der Waals surface area contributed by atoms with Crippen molar-refractivity contribution in [3.05, 3.63) is 52.5 Å². The zero-order valence-electron chi connectivity index (χ0n) is 16.5. The molecule has 0 spiro atoms. The van der Waals surface area contributed by atoms with Gasteiger partial charge in [-0.15, -0.1) is 0 Å². The van der Waals surface area contributed by atoms with Gasteiger partial charge in [0.2, 0.25) is 0 Å². The number of benzene rings is 2. The average molecular weight is 447 g/mol. The highest BCUT2D eigenvalue weighted by atomic mass is 79.9. The van der Waals surface area contributed by atoms with Gasteiger partial charge in [0.05, 0.1) is 14.2 Å². The van der Waals surface area contributed by atoms with Gasteiger partial charge in [0.25, 0.3) is 0 Å². The number of guanidine groups is 1. The van der Waals surface area contributed by atoms with Gasteiger partial charge in [0.15, 0.2) is 17.5 Å². The molecule has 0 aliphatic carbocycles. The Bertz CT molecular complexity index is 811. The van der Waals surface area contributed by atoms with Crippen molar-refractivity contribution >= 4 is 27.6 Å². The van der Waals surface area contributed by atoms with Gasteiger partial charge in [0.1, 0.15) is 0 Å². The first kappa shape index (κ1) is 20.3. The lowest BCUT2D eigenvalue weighted by Crippen LogP contribution is -2.44. The Kier molecular flexibility index (Phi) is 7.03. The maximum absolute atomic E-state index is 5.50. The summed E-state index contributed by atoms with van der Waals surface area (Å²) in [5, 5.41) is 6.91. The highest BCUT2D eigenvalue weighted by Crippen LogP contribution is 2.30. The average Bonchev–Trinajstić information content (AvgIpc) is 3.19. The molecule has 1 saturated heterocycles. The second kappa shape index (κ2) is 9.68. The maximum atomic E-state index is 5.50. The van der Waals surface area contributed by atoms with Gasteiger partial charge < -0.3 is 25.0 Å². The van der Waals surface area contributed by atoms with Crippen LogP contribution in [-0.2, 0) is 6.54 Å². The van der Waals surface area contributed by atoms with Crippen LogP contribution < -0.4 is 25.0 Å². The van der Waals surface area contributed by atoms with Crippen molar-refractivity contribution in [3.8, 4) is 11.5 Å². The van der Waals surface area contributed by atoms with Crippen LogP contribution in [0.25, 0.3) is 0 Å². The largest absolute Gasteiger partial charge is 0.493 e. The Balaban J connectivity index is 1.56. The summed E-state index contributed by atoms with van der Waals surface area (Å²) in [6.45, 7) is 2.58. The van der Waals surface area contributed by atoms with Crippen molar-refractivity contribution in [1.82, 2.24) is 10.6 Å². The number of aliphatic imine (C=N–C) groups is 1. The first-order chi connectivity index (χ1) is 13.6. The van der Waals surface area contributed by atoms with E-state index in [9.17, 15) is 0 Å². The fraction of sp³-hybridized carbons (Fsp3) is 0.381. The zero-order chi connectivity index (χ0) is 19.9. The minimum Gasteiger partial charge on any atom is -0.493 e. The molecular formula is C21H27BrN4O2. The first-order valence-electron chi connectivity index (χ1n) is 9.32. The molecule has 6 nitrogen and oxygen atoms in total. The minimum atomic E-state index is 0.349. The molecule has 0 bridgehead atoms. The van der Waals surface area contributed by atoms with E-state index in [-0.39, 0.29) is 0 Å². The predicted molar refractivity (Wildman–Crippen MR) is 118 cm³/mol. The Morgan fingerprint density at radius 1 is 1.18 bits per heavy atom. The molecule has 2 aromatic rings. The fourth-order valence-electron chi connectivity index (χ4n) is 3.42. The molecule has 0 amide bonds. The van der Waals surface area contributed by atoms with E-state index in [1.807, 2.05) is 18.2 Å². The molecule has 1 aliphatic heterocycles. The summed E-state index contributed by atoms with van der Waals surface area (Å²) in [4.78, 5) is 6.76. The second-order valence-electron chi connectivity index (χ2n) is 6.63. The number of nitrogens with one attached hydrogen (secondary N) is 2. The van der Waals surface area contributed by atoms with Gasteiger partial charge in [-0.1, -0.05) is 28.1 Å². The number of rotatable bonds is 6. The SMILES string of the molecule is CN=C(NCc1cccc(OC)c1OC)NC1CCN(c2ccc(Br)cc2)C1.